The van der Waals surface area contributed by atoms with E-state index in [4.69, 9.17) is 0 Å². The van der Waals surface area contributed by atoms with Crippen LogP contribution in [0, 0.1) is 0 Å². The van der Waals surface area contributed by atoms with Gasteiger partial charge in [-0.2, -0.15) is 0 Å². The molecule has 0 radical (unpaired) electrons. The summed E-state index contributed by atoms with van der Waals surface area (Å²) in [5, 5.41) is 0. The second-order valence-electron chi connectivity index (χ2n) is 4.28. The smallest absolute Gasteiger partial charge is 0.0546 e. The minimum absolute atomic E-state index is 0.829. The van der Waals surface area contributed by atoms with E-state index < -0.39 is 0 Å². The average molecular weight is 252 g/mol. The summed E-state index contributed by atoms with van der Waals surface area (Å²) in [4.78, 5) is 2.60. The average Bonchev–Trinajstić information content (AvgIpc) is 2.47. The van der Waals surface area contributed by atoms with Crippen LogP contribution in [0.1, 0.15) is 24.8 Å². The van der Waals surface area contributed by atoms with Crippen LogP contribution in [0.3, 0.4) is 0 Å². The Bertz CT molecular complexity index is 357. The number of nitrogens with zero attached hydrogens (tertiary/aromatic N) is 1. The van der Waals surface area contributed by atoms with E-state index in [1.165, 1.54) is 48.0 Å². The second-order valence-corrected chi connectivity index (χ2v) is 5.13. The number of fused-ring (bicyclic) bond motifs is 1. The molecular formula is C12H14BrN. The number of anilines is 1. The zero-order chi connectivity index (χ0) is 9.54. The van der Waals surface area contributed by atoms with E-state index in [1.807, 2.05) is 0 Å². The summed E-state index contributed by atoms with van der Waals surface area (Å²) in [7, 11) is 0. The molecule has 1 aromatic carbocycles. The van der Waals surface area contributed by atoms with Crippen LogP contribution < -0.4 is 4.90 Å². The van der Waals surface area contributed by atoms with Crippen LogP contribution in [0.2, 0.25) is 0 Å². The summed E-state index contributed by atoms with van der Waals surface area (Å²) in [5.41, 5.74) is 2.99. The minimum Gasteiger partial charge on any atom is -0.367 e. The third-order valence-electron chi connectivity index (χ3n) is 3.50. The predicted octanol–water partition coefficient (Wildman–Crippen LogP) is 3.36. The van der Waals surface area contributed by atoms with Gasteiger partial charge in [-0.3, -0.25) is 0 Å². The number of hydrogen-bond acceptors (Lipinski definition) is 1. The Morgan fingerprint density at radius 1 is 1.29 bits per heavy atom. The van der Waals surface area contributed by atoms with Gasteiger partial charge in [-0.05, 0) is 53.2 Å². The fraction of sp³-hybridized carbons (Fsp3) is 0.500. The highest BCUT2D eigenvalue weighted by atomic mass is 79.9. The SMILES string of the molecule is Brc1cccc2c1N(C1CCC1)CC2. The van der Waals surface area contributed by atoms with Gasteiger partial charge in [0.2, 0.25) is 0 Å². The van der Waals surface area contributed by atoms with E-state index in [-0.39, 0.29) is 0 Å². The number of para-hydroxylation sites is 1. The van der Waals surface area contributed by atoms with E-state index >= 15 is 0 Å². The maximum absolute atomic E-state index is 3.67. The zero-order valence-electron chi connectivity index (χ0n) is 8.17. The van der Waals surface area contributed by atoms with Crippen LogP contribution in [-0.2, 0) is 6.42 Å². The van der Waals surface area contributed by atoms with Gasteiger partial charge in [0, 0.05) is 17.1 Å². The van der Waals surface area contributed by atoms with Crippen molar-refractivity contribution in [3.8, 4) is 0 Å². The molecule has 0 aromatic heterocycles. The lowest BCUT2D eigenvalue weighted by Crippen LogP contribution is -2.39. The monoisotopic (exact) mass is 251 g/mol. The lowest BCUT2D eigenvalue weighted by atomic mass is 9.91. The Balaban J connectivity index is 1.99. The zero-order valence-corrected chi connectivity index (χ0v) is 9.76. The number of hydrogen-bond donors (Lipinski definition) is 0. The van der Waals surface area contributed by atoms with E-state index in [2.05, 4.69) is 39.0 Å². The van der Waals surface area contributed by atoms with Crippen molar-refractivity contribution in [3.63, 3.8) is 0 Å². The molecule has 0 amide bonds. The van der Waals surface area contributed by atoms with Gasteiger partial charge in [-0.25, -0.2) is 0 Å². The molecule has 2 heteroatoms. The van der Waals surface area contributed by atoms with Crippen LogP contribution in [0.15, 0.2) is 22.7 Å². The fourth-order valence-corrected chi connectivity index (χ4v) is 3.13. The highest BCUT2D eigenvalue weighted by Gasteiger charge is 2.30. The van der Waals surface area contributed by atoms with Crippen LogP contribution in [-0.4, -0.2) is 12.6 Å². The van der Waals surface area contributed by atoms with E-state index in [0.29, 0.717) is 0 Å². The molecule has 1 heterocycles. The molecule has 74 valence electrons. The van der Waals surface area contributed by atoms with Crippen molar-refractivity contribution >= 4 is 21.6 Å². The van der Waals surface area contributed by atoms with Crippen LogP contribution in [0.4, 0.5) is 5.69 Å². The quantitative estimate of drug-likeness (QED) is 0.740. The van der Waals surface area contributed by atoms with Gasteiger partial charge < -0.3 is 4.90 Å². The summed E-state index contributed by atoms with van der Waals surface area (Å²) >= 11 is 3.67. The third-order valence-corrected chi connectivity index (χ3v) is 4.13. The molecule has 0 atom stereocenters. The summed E-state index contributed by atoms with van der Waals surface area (Å²) in [6.07, 6.45) is 5.42. The lowest BCUT2D eigenvalue weighted by Gasteiger charge is -2.37. The summed E-state index contributed by atoms with van der Waals surface area (Å²) in [6, 6.07) is 7.40. The molecule has 1 aromatic rings. The van der Waals surface area contributed by atoms with Gasteiger partial charge >= 0.3 is 0 Å². The maximum atomic E-state index is 3.67. The Kier molecular flexibility index (Phi) is 2.05. The summed E-state index contributed by atoms with van der Waals surface area (Å²) in [6.45, 7) is 1.22. The van der Waals surface area contributed by atoms with E-state index in [9.17, 15) is 0 Å². The van der Waals surface area contributed by atoms with E-state index in [0.717, 1.165) is 6.04 Å². The first-order valence-electron chi connectivity index (χ1n) is 5.40. The second kappa shape index (κ2) is 3.27. The highest BCUT2D eigenvalue weighted by molar-refractivity contribution is 9.10. The molecule has 0 spiro atoms. The summed E-state index contributed by atoms with van der Waals surface area (Å²) < 4.78 is 1.28. The van der Waals surface area contributed by atoms with Gasteiger partial charge in [-0.15, -0.1) is 0 Å². The van der Waals surface area contributed by atoms with Gasteiger partial charge in [0.1, 0.15) is 0 Å². The molecule has 0 unspecified atom stereocenters. The van der Waals surface area contributed by atoms with Gasteiger partial charge in [0.15, 0.2) is 0 Å². The molecule has 1 aliphatic carbocycles. The Hall–Kier alpha value is -0.500. The van der Waals surface area contributed by atoms with Crippen LogP contribution >= 0.6 is 15.9 Å². The molecule has 3 rings (SSSR count). The largest absolute Gasteiger partial charge is 0.367 e. The maximum Gasteiger partial charge on any atom is 0.0546 e. The normalized spacial score (nSPS) is 20.8. The molecule has 1 aliphatic heterocycles. The van der Waals surface area contributed by atoms with Gasteiger partial charge in [0.05, 0.1) is 5.69 Å². The summed E-state index contributed by atoms with van der Waals surface area (Å²) in [5.74, 6) is 0. The van der Waals surface area contributed by atoms with Crippen molar-refractivity contribution in [2.45, 2.75) is 31.7 Å². The molecule has 1 fully saturated rings. The molecule has 1 nitrogen and oxygen atoms in total. The third kappa shape index (κ3) is 1.20. The van der Waals surface area contributed by atoms with Crippen molar-refractivity contribution in [1.29, 1.82) is 0 Å². The minimum atomic E-state index is 0.829. The van der Waals surface area contributed by atoms with Crippen molar-refractivity contribution in [2.24, 2.45) is 0 Å². The fourth-order valence-electron chi connectivity index (χ4n) is 2.50. The lowest BCUT2D eigenvalue weighted by molar-refractivity contribution is 0.392. The Morgan fingerprint density at radius 2 is 2.14 bits per heavy atom. The van der Waals surface area contributed by atoms with Crippen LogP contribution in [0.5, 0.6) is 0 Å². The van der Waals surface area contributed by atoms with Crippen molar-refractivity contribution in [3.05, 3.63) is 28.2 Å². The molecular weight excluding hydrogens is 238 g/mol. The number of rotatable bonds is 1. The van der Waals surface area contributed by atoms with Crippen molar-refractivity contribution in [1.82, 2.24) is 0 Å². The predicted molar refractivity (Wildman–Crippen MR) is 62.8 cm³/mol. The Labute approximate surface area is 93.2 Å². The molecule has 0 saturated heterocycles. The molecule has 14 heavy (non-hydrogen) atoms. The highest BCUT2D eigenvalue weighted by Crippen LogP contribution is 2.40. The first kappa shape index (κ1) is 8.78. The molecule has 0 bridgehead atoms. The van der Waals surface area contributed by atoms with Crippen LogP contribution in [0.25, 0.3) is 0 Å². The molecule has 0 N–H and O–H groups in total. The van der Waals surface area contributed by atoms with E-state index in [1.54, 1.807) is 0 Å². The standard InChI is InChI=1S/C12H14BrN/c13-11-6-1-3-9-7-8-14(12(9)11)10-4-2-5-10/h1,3,6,10H,2,4-5,7-8H2. The first-order chi connectivity index (χ1) is 6.86. The number of benzene rings is 1. The first-order valence-corrected chi connectivity index (χ1v) is 6.19. The Morgan fingerprint density at radius 3 is 2.86 bits per heavy atom. The molecule has 1 saturated carbocycles. The van der Waals surface area contributed by atoms with Crippen molar-refractivity contribution in [2.75, 3.05) is 11.4 Å². The van der Waals surface area contributed by atoms with Gasteiger partial charge in [-0.1, -0.05) is 12.1 Å². The molecule has 2 aliphatic rings. The van der Waals surface area contributed by atoms with Crippen molar-refractivity contribution < 1.29 is 0 Å². The number of halogens is 1. The van der Waals surface area contributed by atoms with Gasteiger partial charge in [0.25, 0.3) is 0 Å². The topological polar surface area (TPSA) is 3.24 Å².